The molecule has 1 aromatic rings. The number of anilines is 1. The molecule has 0 aromatic heterocycles. The molecule has 1 aliphatic heterocycles. The Morgan fingerprint density at radius 3 is 2.85 bits per heavy atom. The van der Waals surface area contributed by atoms with Gasteiger partial charge in [-0.2, -0.15) is 11.8 Å². The highest BCUT2D eigenvalue weighted by molar-refractivity contribution is 8.00. The number of halogens is 1. The molecule has 1 aromatic carbocycles. The van der Waals surface area contributed by atoms with Crippen LogP contribution in [-0.4, -0.2) is 29.6 Å². The van der Waals surface area contributed by atoms with Gasteiger partial charge in [-0.1, -0.05) is 13.0 Å². The first-order valence-electron chi connectivity index (χ1n) is 7.35. The second-order valence-electron chi connectivity index (χ2n) is 6.14. The van der Waals surface area contributed by atoms with Crippen LogP contribution in [-0.2, 0) is 6.42 Å². The van der Waals surface area contributed by atoms with Crippen LogP contribution in [0.3, 0.4) is 0 Å². The van der Waals surface area contributed by atoms with E-state index in [0.717, 1.165) is 36.5 Å². The van der Waals surface area contributed by atoms with Gasteiger partial charge in [0, 0.05) is 40.9 Å². The highest BCUT2D eigenvalue weighted by atomic mass is 32.2. The number of hydrogen-bond acceptors (Lipinski definition) is 3. The van der Waals surface area contributed by atoms with Crippen LogP contribution in [0.4, 0.5) is 10.1 Å². The summed E-state index contributed by atoms with van der Waals surface area (Å²) in [4.78, 5) is 2.32. The fourth-order valence-electron chi connectivity index (χ4n) is 2.67. The predicted molar refractivity (Wildman–Crippen MR) is 87.1 cm³/mol. The molecular weight excluding hydrogens is 271 g/mol. The molecule has 2 rings (SSSR count). The SMILES string of the molecule is CCC(N)Cc1c(F)cccc1N1CCSC(C)(C)C1. The lowest BCUT2D eigenvalue weighted by Crippen LogP contribution is -2.43. The molecule has 2 nitrogen and oxygen atoms in total. The van der Waals surface area contributed by atoms with Crippen molar-refractivity contribution in [3.63, 3.8) is 0 Å². The maximum Gasteiger partial charge on any atom is 0.128 e. The summed E-state index contributed by atoms with van der Waals surface area (Å²) in [5.74, 6) is 0.963. The third-order valence-corrected chi connectivity index (χ3v) is 5.15. The van der Waals surface area contributed by atoms with E-state index in [1.807, 2.05) is 24.8 Å². The molecule has 0 aliphatic carbocycles. The van der Waals surface area contributed by atoms with E-state index in [1.165, 1.54) is 0 Å². The van der Waals surface area contributed by atoms with Crippen molar-refractivity contribution in [2.75, 3.05) is 23.7 Å². The van der Waals surface area contributed by atoms with Gasteiger partial charge in [0.15, 0.2) is 0 Å². The van der Waals surface area contributed by atoms with Crippen LogP contribution < -0.4 is 10.6 Å². The Labute approximate surface area is 125 Å². The Balaban J connectivity index is 2.28. The maximum atomic E-state index is 14.2. The Kier molecular flexibility index (Phi) is 4.97. The zero-order valence-electron chi connectivity index (χ0n) is 12.7. The van der Waals surface area contributed by atoms with Crippen molar-refractivity contribution in [2.24, 2.45) is 5.73 Å². The zero-order valence-corrected chi connectivity index (χ0v) is 13.5. The third-order valence-electron chi connectivity index (χ3n) is 3.85. The highest BCUT2D eigenvalue weighted by Crippen LogP contribution is 2.34. The summed E-state index contributed by atoms with van der Waals surface area (Å²) in [5.41, 5.74) is 7.85. The Hall–Kier alpha value is -0.740. The first-order valence-corrected chi connectivity index (χ1v) is 8.33. The molecule has 0 amide bonds. The second-order valence-corrected chi connectivity index (χ2v) is 7.94. The van der Waals surface area contributed by atoms with Crippen LogP contribution in [0.5, 0.6) is 0 Å². The van der Waals surface area contributed by atoms with Crippen molar-refractivity contribution in [3.8, 4) is 0 Å². The molecule has 1 atom stereocenters. The van der Waals surface area contributed by atoms with Gasteiger partial charge in [-0.15, -0.1) is 0 Å². The molecule has 0 saturated carbocycles. The lowest BCUT2D eigenvalue weighted by molar-refractivity contribution is 0.573. The van der Waals surface area contributed by atoms with Crippen molar-refractivity contribution >= 4 is 17.4 Å². The van der Waals surface area contributed by atoms with E-state index < -0.39 is 0 Å². The minimum atomic E-state index is -0.123. The van der Waals surface area contributed by atoms with Gasteiger partial charge >= 0.3 is 0 Å². The number of thioether (sulfide) groups is 1. The van der Waals surface area contributed by atoms with Gasteiger partial charge in [0.25, 0.3) is 0 Å². The lowest BCUT2D eigenvalue weighted by atomic mass is 10.0. The number of benzene rings is 1. The number of rotatable bonds is 4. The molecule has 1 heterocycles. The van der Waals surface area contributed by atoms with Crippen LogP contribution >= 0.6 is 11.8 Å². The van der Waals surface area contributed by atoms with Crippen molar-refractivity contribution in [1.82, 2.24) is 0 Å². The van der Waals surface area contributed by atoms with Gasteiger partial charge < -0.3 is 10.6 Å². The van der Waals surface area contributed by atoms with E-state index in [0.29, 0.717) is 6.42 Å². The quantitative estimate of drug-likeness (QED) is 0.923. The topological polar surface area (TPSA) is 29.3 Å². The summed E-state index contributed by atoms with van der Waals surface area (Å²) in [6, 6.07) is 5.41. The van der Waals surface area contributed by atoms with Crippen LogP contribution in [0.1, 0.15) is 32.8 Å². The third kappa shape index (κ3) is 3.67. The van der Waals surface area contributed by atoms with Gasteiger partial charge in [-0.05, 0) is 38.8 Å². The molecule has 0 spiro atoms. The predicted octanol–water partition coefficient (Wildman–Crippen LogP) is 3.44. The smallest absolute Gasteiger partial charge is 0.128 e. The van der Waals surface area contributed by atoms with Crippen molar-refractivity contribution in [1.29, 1.82) is 0 Å². The van der Waals surface area contributed by atoms with Gasteiger partial charge in [0.2, 0.25) is 0 Å². The molecule has 2 N–H and O–H groups in total. The second kappa shape index (κ2) is 6.35. The Morgan fingerprint density at radius 1 is 1.45 bits per heavy atom. The normalized spacial score (nSPS) is 19.9. The first kappa shape index (κ1) is 15.6. The fraction of sp³-hybridized carbons (Fsp3) is 0.625. The summed E-state index contributed by atoms with van der Waals surface area (Å²) in [6.07, 6.45) is 1.48. The Bertz CT molecular complexity index is 462. The molecule has 20 heavy (non-hydrogen) atoms. The molecule has 112 valence electrons. The summed E-state index contributed by atoms with van der Waals surface area (Å²) < 4.78 is 14.4. The molecule has 0 radical (unpaired) electrons. The van der Waals surface area contributed by atoms with E-state index >= 15 is 0 Å². The van der Waals surface area contributed by atoms with Gasteiger partial charge in [0.1, 0.15) is 5.82 Å². The summed E-state index contributed by atoms with van der Waals surface area (Å²) in [5, 5.41) is 0. The largest absolute Gasteiger partial charge is 0.369 e. The van der Waals surface area contributed by atoms with E-state index in [4.69, 9.17) is 5.73 Å². The summed E-state index contributed by atoms with van der Waals surface area (Å²) >= 11 is 1.99. The minimum absolute atomic E-state index is 0.0258. The van der Waals surface area contributed by atoms with Crippen LogP contribution in [0, 0.1) is 5.82 Å². The molecule has 1 unspecified atom stereocenters. The molecular formula is C16H25FN2S. The molecule has 0 bridgehead atoms. The van der Waals surface area contributed by atoms with E-state index in [-0.39, 0.29) is 16.6 Å². The van der Waals surface area contributed by atoms with Crippen LogP contribution in [0.25, 0.3) is 0 Å². The fourth-order valence-corrected chi connectivity index (χ4v) is 3.79. The molecule has 1 saturated heterocycles. The standard InChI is InChI=1S/C16H25FN2S/c1-4-12(18)10-13-14(17)6-5-7-15(13)19-8-9-20-16(2,3)11-19/h5-7,12H,4,8-11,18H2,1-3H3. The molecule has 4 heteroatoms. The van der Waals surface area contributed by atoms with Crippen LogP contribution in [0.15, 0.2) is 18.2 Å². The van der Waals surface area contributed by atoms with Gasteiger partial charge in [-0.3, -0.25) is 0 Å². The van der Waals surface area contributed by atoms with Crippen molar-refractivity contribution < 1.29 is 4.39 Å². The molecule has 1 aliphatic rings. The monoisotopic (exact) mass is 296 g/mol. The maximum absolute atomic E-state index is 14.2. The Morgan fingerprint density at radius 2 is 2.20 bits per heavy atom. The van der Waals surface area contributed by atoms with E-state index in [9.17, 15) is 4.39 Å². The summed E-state index contributed by atoms with van der Waals surface area (Å²) in [6.45, 7) is 8.48. The number of nitrogens with two attached hydrogens (primary N) is 1. The van der Waals surface area contributed by atoms with Gasteiger partial charge in [0.05, 0.1) is 0 Å². The van der Waals surface area contributed by atoms with Crippen molar-refractivity contribution in [2.45, 2.75) is 44.4 Å². The minimum Gasteiger partial charge on any atom is -0.369 e. The lowest BCUT2D eigenvalue weighted by Gasteiger charge is -2.40. The molecule has 1 fully saturated rings. The number of nitrogens with zero attached hydrogens (tertiary/aromatic N) is 1. The highest BCUT2D eigenvalue weighted by Gasteiger charge is 2.28. The van der Waals surface area contributed by atoms with E-state index in [2.05, 4.69) is 18.7 Å². The zero-order chi connectivity index (χ0) is 14.8. The summed E-state index contributed by atoms with van der Waals surface area (Å²) in [7, 11) is 0. The number of hydrogen-bond donors (Lipinski definition) is 1. The van der Waals surface area contributed by atoms with Crippen LogP contribution in [0.2, 0.25) is 0 Å². The van der Waals surface area contributed by atoms with Crippen molar-refractivity contribution in [3.05, 3.63) is 29.6 Å². The van der Waals surface area contributed by atoms with Gasteiger partial charge in [-0.25, -0.2) is 4.39 Å². The van der Waals surface area contributed by atoms with E-state index in [1.54, 1.807) is 12.1 Å². The average Bonchev–Trinajstić information content (AvgIpc) is 2.39. The first-order chi connectivity index (χ1) is 9.43. The average molecular weight is 296 g/mol.